The molecule has 0 aromatic heterocycles. The van der Waals surface area contributed by atoms with Crippen molar-refractivity contribution in [3.05, 3.63) is 29.8 Å². The summed E-state index contributed by atoms with van der Waals surface area (Å²) in [6, 6.07) is 5.26. The molecule has 5 nitrogen and oxygen atoms in total. The maximum absolute atomic E-state index is 10.6. The van der Waals surface area contributed by atoms with E-state index in [1.165, 1.54) is 6.08 Å². The van der Waals surface area contributed by atoms with Crippen molar-refractivity contribution >= 4 is 16.8 Å². The molecule has 0 fully saturated rings. The monoisotopic (exact) mass is 271 g/mol. The van der Waals surface area contributed by atoms with Gasteiger partial charge in [-0.05, 0) is 31.2 Å². The fraction of sp³-hybridized carbons (Fsp3) is 0.333. The van der Waals surface area contributed by atoms with Gasteiger partial charge in [0.1, 0.15) is 0 Å². The highest BCUT2D eigenvalue weighted by atomic mass is 32.2. The minimum Gasteiger partial charge on any atom is -0.493 e. The number of ether oxygens (including phenoxy) is 2. The second kappa shape index (κ2) is 7.03. The van der Waals surface area contributed by atoms with Crippen molar-refractivity contribution in [3.8, 4) is 11.5 Å². The molecule has 0 heterocycles. The third kappa shape index (κ3) is 4.05. The van der Waals surface area contributed by atoms with Crippen LogP contribution in [0, 0.1) is 0 Å². The Hall–Kier alpha value is -1.53. The van der Waals surface area contributed by atoms with Gasteiger partial charge in [0, 0.05) is 11.3 Å². The van der Waals surface area contributed by atoms with Gasteiger partial charge in [-0.15, -0.1) is 0 Å². The van der Waals surface area contributed by atoms with Crippen molar-refractivity contribution in [1.82, 2.24) is 0 Å². The number of hydrogen-bond acceptors (Lipinski definition) is 4. The summed E-state index contributed by atoms with van der Waals surface area (Å²) < 4.78 is 29.9. The van der Waals surface area contributed by atoms with Crippen molar-refractivity contribution in [2.24, 2.45) is 5.73 Å². The largest absolute Gasteiger partial charge is 0.493 e. The van der Waals surface area contributed by atoms with E-state index in [0.29, 0.717) is 23.8 Å². The molecule has 0 aliphatic heterocycles. The third-order valence-electron chi connectivity index (χ3n) is 2.24. The lowest BCUT2D eigenvalue weighted by molar-refractivity contribution is 0.311. The number of benzene rings is 1. The second-order valence-electron chi connectivity index (χ2n) is 3.45. The molecule has 0 aliphatic rings. The normalized spacial score (nSPS) is 13.2. The van der Waals surface area contributed by atoms with E-state index in [0.717, 1.165) is 5.56 Å². The first-order chi connectivity index (χ1) is 8.58. The number of nitrogens with two attached hydrogens (primary N) is 1. The van der Waals surface area contributed by atoms with Crippen LogP contribution in [0.1, 0.15) is 12.5 Å². The van der Waals surface area contributed by atoms with Crippen LogP contribution in [0.2, 0.25) is 0 Å². The summed E-state index contributed by atoms with van der Waals surface area (Å²) in [5.74, 6) is 1.22. The minimum absolute atomic E-state index is 0.00182. The van der Waals surface area contributed by atoms with Gasteiger partial charge in [0.05, 0.1) is 19.5 Å². The van der Waals surface area contributed by atoms with Crippen molar-refractivity contribution in [3.63, 3.8) is 0 Å². The molecule has 1 unspecified atom stereocenters. The van der Waals surface area contributed by atoms with Gasteiger partial charge >= 0.3 is 0 Å². The van der Waals surface area contributed by atoms with Gasteiger partial charge in [-0.2, -0.15) is 0 Å². The summed E-state index contributed by atoms with van der Waals surface area (Å²) in [6.07, 6.45) is 1.51. The molecule has 0 bridgehead atoms. The zero-order valence-corrected chi connectivity index (χ0v) is 11.2. The molecule has 0 amide bonds. The smallest absolute Gasteiger partial charge is 0.161 e. The predicted octanol–water partition coefficient (Wildman–Crippen LogP) is 1.62. The third-order valence-corrected chi connectivity index (χ3v) is 2.69. The van der Waals surface area contributed by atoms with Crippen molar-refractivity contribution in [1.29, 1.82) is 0 Å². The van der Waals surface area contributed by atoms with Gasteiger partial charge < -0.3 is 19.8 Å². The van der Waals surface area contributed by atoms with E-state index in [1.54, 1.807) is 25.3 Å². The summed E-state index contributed by atoms with van der Waals surface area (Å²) in [4.78, 5) is 0. The van der Waals surface area contributed by atoms with Gasteiger partial charge in [0.2, 0.25) is 0 Å². The van der Waals surface area contributed by atoms with Gasteiger partial charge in [0.25, 0.3) is 0 Å². The van der Waals surface area contributed by atoms with Crippen molar-refractivity contribution in [2.75, 3.05) is 19.5 Å². The molecule has 100 valence electrons. The van der Waals surface area contributed by atoms with Crippen LogP contribution in [0.4, 0.5) is 0 Å². The van der Waals surface area contributed by atoms with E-state index < -0.39 is 11.1 Å². The molecule has 6 heteroatoms. The maximum atomic E-state index is 10.6. The lowest BCUT2D eigenvalue weighted by Gasteiger charge is -2.11. The summed E-state index contributed by atoms with van der Waals surface area (Å²) in [5.41, 5.74) is 6.98. The number of rotatable bonds is 6. The zero-order chi connectivity index (χ0) is 13.5. The zero-order valence-electron chi connectivity index (χ0n) is 10.4. The Morgan fingerprint density at radius 3 is 2.78 bits per heavy atom. The van der Waals surface area contributed by atoms with E-state index in [1.807, 2.05) is 6.92 Å². The lowest BCUT2D eigenvalue weighted by Crippen LogP contribution is -2.02. The molecule has 0 radical (unpaired) electrons. The highest BCUT2D eigenvalue weighted by Gasteiger charge is 2.06. The van der Waals surface area contributed by atoms with Crippen molar-refractivity contribution in [2.45, 2.75) is 6.92 Å². The average molecular weight is 271 g/mol. The SMILES string of the molecule is CCOc1cc(/C(N)=C\CS(=O)O)ccc1OC. The highest BCUT2D eigenvalue weighted by Crippen LogP contribution is 2.29. The predicted molar refractivity (Wildman–Crippen MR) is 72.0 cm³/mol. The fourth-order valence-corrected chi connectivity index (χ4v) is 1.73. The summed E-state index contributed by atoms with van der Waals surface area (Å²) in [7, 11) is 1.56. The molecular formula is C12H17NO4S. The standard InChI is InChI=1S/C12H17NO4S/c1-3-17-12-8-9(4-5-11(12)16-2)10(13)6-7-18(14)15/h4-6,8H,3,7,13H2,1-2H3,(H,14,15)/b10-6+. The first-order valence-electron chi connectivity index (χ1n) is 5.42. The second-order valence-corrected chi connectivity index (χ2v) is 4.42. The lowest BCUT2D eigenvalue weighted by atomic mass is 10.1. The van der Waals surface area contributed by atoms with E-state index in [9.17, 15) is 4.21 Å². The Morgan fingerprint density at radius 1 is 1.50 bits per heavy atom. The Bertz CT molecular complexity index is 459. The van der Waals surface area contributed by atoms with Gasteiger partial charge in [-0.3, -0.25) is 0 Å². The first kappa shape index (κ1) is 14.5. The van der Waals surface area contributed by atoms with E-state index in [-0.39, 0.29) is 5.75 Å². The quantitative estimate of drug-likeness (QED) is 0.768. The van der Waals surface area contributed by atoms with Gasteiger partial charge in [-0.25, -0.2) is 4.21 Å². The summed E-state index contributed by atoms with van der Waals surface area (Å²) >= 11 is -1.89. The van der Waals surface area contributed by atoms with Crippen LogP contribution in [-0.4, -0.2) is 28.2 Å². The maximum Gasteiger partial charge on any atom is 0.161 e. The molecule has 3 N–H and O–H groups in total. The molecule has 18 heavy (non-hydrogen) atoms. The molecule has 0 saturated heterocycles. The Morgan fingerprint density at radius 2 is 2.22 bits per heavy atom. The van der Waals surface area contributed by atoms with E-state index in [2.05, 4.69) is 0 Å². The molecule has 1 atom stereocenters. The fourth-order valence-electron chi connectivity index (χ4n) is 1.40. The number of methoxy groups -OCH3 is 1. The van der Waals surface area contributed by atoms with Gasteiger partial charge in [0.15, 0.2) is 22.6 Å². The Balaban J connectivity index is 2.99. The van der Waals surface area contributed by atoms with Crippen molar-refractivity contribution < 1.29 is 18.2 Å². The van der Waals surface area contributed by atoms with Crippen LogP contribution in [0.25, 0.3) is 5.70 Å². The molecule has 1 aromatic carbocycles. The minimum atomic E-state index is -1.89. The average Bonchev–Trinajstić information content (AvgIpc) is 2.36. The highest BCUT2D eigenvalue weighted by molar-refractivity contribution is 7.79. The summed E-state index contributed by atoms with van der Waals surface area (Å²) in [6.45, 7) is 2.39. The Labute approximate surface area is 109 Å². The summed E-state index contributed by atoms with van der Waals surface area (Å²) in [5, 5.41) is 0. The van der Waals surface area contributed by atoms with Crippen LogP contribution in [0.5, 0.6) is 11.5 Å². The van der Waals surface area contributed by atoms with E-state index >= 15 is 0 Å². The molecule has 0 saturated carbocycles. The Kier molecular flexibility index (Phi) is 5.67. The van der Waals surface area contributed by atoms with Crippen LogP contribution in [-0.2, 0) is 11.1 Å². The topological polar surface area (TPSA) is 81.8 Å². The van der Waals surface area contributed by atoms with Crippen LogP contribution in [0.15, 0.2) is 24.3 Å². The van der Waals surface area contributed by atoms with E-state index in [4.69, 9.17) is 19.8 Å². The molecule has 1 rings (SSSR count). The van der Waals surface area contributed by atoms with Crippen LogP contribution >= 0.6 is 0 Å². The molecule has 0 aliphatic carbocycles. The van der Waals surface area contributed by atoms with Gasteiger partial charge in [-0.1, -0.05) is 0 Å². The molecule has 1 aromatic rings. The first-order valence-corrected chi connectivity index (χ1v) is 6.70. The van der Waals surface area contributed by atoms with Crippen LogP contribution < -0.4 is 15.2 Å². The molecular weight excluding hydrogens is 254 g/mol. The molecule has 0 spiro atoms. The van der Waals surface area contributed by atoms with Crippen LogP contribution in [0.3, 0.4) is 0 Å². The number of hydrogen-bond donors (Lipinski definition) is 2.